The quantitative estimate of drug-likeness (QED) is 0.835. The molecule has 0 saturated heterocycles. The van der Waals surface area contributed by atoms with Crippen LogP contribution in [0, 0.1) is 0 Å². The number of nitrogens with zero attached hydrogens (tertiary/aromatic N) is 1. The van der Waals surface area contributed by atoms with Crippen LogP contribution in [-0.2, 0) is 6.42 Å². The Hall–Kier alpha value is -1.52. The number of carbonyl (C=O) groups excluding carboxylic acids is 1. The lowest BCUT2D eigenvalue weighted by Gasteiger charge is -2.17. The zero-order chi connectivity index (χ0) is 15.7. The minimum Gasteiger partial charge on any atom is -0.371 e. The fourth-order valence-electron chi connectivity index (χ4n) is 2.72. The van der Waals surface area contributed by atoms with Gasteiger partial charge in [-0.3, -0.25) is 4.79 Å². The number of halogens is 2. The molecule has 0 radical (unpaired) electrons. The van der Waals surface area contributed by atoms with E-state index in [0.29, 0.717) is 10.6 Å². The number of nitrogens with one attached hydrogen (secondary N) is 1. The summed E-state index contributed by atoms with van der Waals surface area (Å²) >= 11 is 9.47. The Bertz CT molecular complexity index is 733. The zero-order valence-electron chi connectivity index (χ0n) is 12.2. The average Bonchev–Trinajstić information content (AvgIpc) is 2.92. The predicted molar refractivity (Wildman–Crippen MR) is 95.1 cm³/mol. The van der Waals surface area contributed by atoms with Crippen LogP contribution in [0.25, 0.3) is 0 Å². The van der Waals surface area contributed by atoms with E-state index in [9.17, 15) is 4.79 Å². The summed E-state index contributed by atoms with van der Waals surface area (Å²) in [5.41, 5.74) is 3.80. The van der Waals surface area contributed by atoms with Crippen LogP contribution in [0.4, 0.5) is 11.4 Å². The number of anilines is 2. The molecule has 2 aromatic carbocycles. The van der Waals surface area contributed by atoms with E-state index in [4.69, 9.17) is 11.6 Å². The van der Waals surface area contributed by atoms with Crippen LogP contribution in [0.2, 0.25) is 5.02 Å². The van der Waals surface area contributed by atoms with Crippen molar-refractivity contribution in [2.45, 2.75) is 13.3 Å². The summed E-state index contributed by atoms with van der Waals surface area (Å²) in [6.45, 7) is 4.16. The molecule has 0 saturated carbocycles. The Morgan fingerprint density at radius 1 is 1.32 bits per heavy atom. The maximum Gasteiger partial charge on any atom is 0.257 e. The van der Waals surface area contributed by atoms with E-state index in [1.165, 1.54) is 11.3 Å². The fraction of sp³-hybridized carbons (Fsp3) is 0.235. The van der Waals surface area contributed by atoms with E-state index in [0.717, 1.165) is 29.7 Å². The highest BCUT2D eigenvalue weighted by atomic mass is 79.9. The molecule has 3 rings (SSSR count). The van der Waals surface area contributed by atoms with E-state index >= 15 is 0 Å². The van der Waals surface area contributed by atoms with Crippen LogP contribution in [0.3, 0.4) is 0 Å². The van der Waals surface area contributed by atoms with Crippen molar-refractivity contribution in [2.24, 2.45) is 0 Å². The van der Waals surface area contributed by atoms with Crippen LogP contribution >= 0.6 is 27.5 Å². The second kappa shape index (κ2) is 6.31. The third-order valence-electron chi connectivity index (χ3n) is 3.89. The lowest BCUT2D eigenvalue weighted by atomic mass is 10.1. The smallest absolute Gasteiger partial charge is 0.257 e. The molecule has 3 nitrogen and oxygen atoms in total. The molecule has 1 aliphatic heterocycles. The highest BCUT2D eigenvalue weighted by Gasteiger charge is 2.18. The van der Waals surface area contributed by atoms with E-state index in [1.807, 2.05) is 18.2 Å². The van der Waals surface area contributed by atoms with Crippen LogP contribution in [0.5, 0.6) is 0 Å². The molecule has 0 atom stereocenters. The van der Waals surface area contributed by atoms with Gasteiger partial charge in [-0.1, -0.05) is 33.6 Å². The Morgan fingerprint density at radius 2 is 2.14 bits per heavy atom. The zero-order valence-corrected chi connectivity index (χ0v) is 14.5. The Kier molecular flexibility index (Phi) is 4.41. The minimum atomic E-state index is -0.202. The van der Waals surface area contributed by atoms with Crippen molar-refractivity contribution < 1.29 is 4.79 Å². The first kappa shape index (κ1) is 15.4. The molecule has 0 aromatic heterocycles. The molecule has 22 heavy (non-hydrogen) atoms. The molecule has 0 unspecified atom stereocenters. The number of carbonyl (C=O) groups is 1. The molecular weight excluding hydrogens is 364 g/mol. The molecule has 1 N–H and O–H groups in total. The van der Waals surface area contributed by atoms with E-state index in [2.05, 4.69) is 39.1 Å². The van der Waals surface area contributed by atoms with Crippen molar-refractivity contribution in [3.63, 3.8) is 0 Å². The van der Waals surface area contributed by atoms with Crippen molar-refractivity contribution >= 4 is 44.8 Å². The van der Waals surface area contributed by atoms with Gasteiger partial charge in [0.05, 0.1) is 10.6 Å². The minimum absolute atomic E-state index is 0.202. The Labute approximate surface area is 143 Å². The first-order valence-corrected chi connectivity index (χ1v) is 8.40. The predicted octanol–water partition coefficient (Wildman–Crippen LogP) is 4.74. The normalized spacial score (nSPS) is 13.1. The standard InChI is InChI=1S/C17H16BrClN2O/c1-2-21-8-7-11-3-5-13(10-16(11)21)20-17(22)14-9-12(18)4-6-15(14)19/h3-6,9-10H,2,7-8H2,1H3,(H,20,22). The van der Waals surface area contributed by atoms with E-state index < -0.39 is 0 Å². The SMILES string of the molecule is CCN1CCc2ccc(NC(=O)c3cc(Br)ccc3Cl)cc21. The first-order valence-electron chi connectivity index (χ1n) is 7.22. The summed E-state index contributed by atoms with van der Waals surface area (Å²) in [6.07, 6.45) is 1.06. The van der Waals surface area contributed by atoms with Crippen LogP contribution in [0.1, 0.15) is 22.8 Å². The monoisotopic (exact) mass is 378 g/mol. The molecule has 2 aromatic rings. The summed E-state index contributed by atoms with van der Waals surface area (Å²) < 4.78 is 0.827. The summed E-state index contributed by atoms with van der Waals surface area (Å²) in [5.74, 6) is -0.202. The van der Waals surface area contributed by atoms with Gasteiger partial charge in [-0.15, -0.1) is 0 Å². The molecule has 114 valence electrons. The molecule has 1 heterocycles. The second-order valence-corrected chi connectivity index (χ2v) is 6.57. The van der Waals surface area contributed by atoms with Gasteiger partial charge in [-0.25, -0.2) is 0 Å². The van der Waals surface area contributed by atoms with Gasteiger partial charge in [0, 0.05) is 28.9 Å². The number of likely N-dealkylation sites (N-methyl/N-ethyl adjacent to an activating group) is 1. The van der Waals surface area contributed by atoms with Gasteiger partial charge in [0.2, 0.25) is 0 Å². The summed E-state index contributed by atoms with van der Waals surface area (Å²) in [7, 11) is 0. The van der Waals surface area contributed by atoms with E-state index in [1.54, 1.807) is 12.1 Å². The number of fused-ring (bicyclic) bond motifs is 1. The van der Waals surface area contributed by atoms with Gasteiger partial charge in [-0.2, -0.15) is 0 Å². The number of benzene rings is 2. The van der Waals surface area contributed by atoms with Crippen molar-refractivity contribution in [3.05, 3.63) is 57.0 Å². The molecule has 0 spiro atoms. The van der Waals surface area contributed by atoms with Crippen molar-refractivity contribution in [2.75, 3.05) is 23.3 Å². The van der Waals surface area contributed by atoms with Crippen molar-refractivity contribution in [1.82, 2.24) is 0 Å². The van der Waals surface area contributed by atoms with Gasteiger partial charge in [0.1, 0.15) is 0 Å². The molecule has 0 fully saturated rings. The maximum atomic E-state index is 12.4. The number of amides is 1. The lowest BCUT2D eigenvalue weighted by Crippen LogP contribution is -2.19. The van der Waals surface area contributed by atoms with Gasteiger partial charge < -0.3 is 10.2 Å². The molecule has 0 aliphatic carbocycles. The maximum absolute atomic E-state index is 12.4. The highest BCUT2D eigenvalue weighted by molar-refractivity contribution is 9.10. The largest absolute Gasteiger partial charge is 0.371 e. The molecule has 5 heteroatoms. The van der Waals surface area contributed by atoms with Crippen LogP contribution in [0.15, 0.2) is 40.9 Å². The van der Waals surface area contributed by atoms with Gasteiger partial charge in [0.15, 0.2) is 0 Å². The van der Waals surface area contributed by atoms with E-state index in [-0.39, 0.29) is 5.91 Å². The van der Waals surface area contributed by atoms with Gasteiger partial charge in [0.25, 0.3) is 5.91 Å². The lowest BCUT2D eigenvalue weighted by molar-refractivity contribution is 0.102. The summed E-state index contributed by atoms with van der Waals surface area (Å²) in [6, 6.07) is 11.3. The molecule has 1 amide bonds. The fourth-order valence-corrected chi connectivity index (χ4v) is 3.29. The second-order valence-electron chi connectivity index (χ2n) is 5.25. The Morgan fingerprint density at radius 3 is 2.91 bits per heavy atom. The molecule has 1 aliphatic rings. The van der Waals surface area contributed by atoms with Crippen molar-refractivity contribution in [3.8, 4) is 0 Å². The Balaban J connectivity index is 1.84. The third kappa shape index (κ3) is 2.99. The molecular formula is C17H16BrClN2O. The molecule has 0 bridgehead atoms. The topological polar surface area (TPSA) is 32.3 Å². The summed E-state index contributed by atoms with van der Waals surface area (Å²) in [4.78, 5) is 14.7. The van der Waals surface area contributed by atoms with Crippen LogP contribution in [-0.4, -0.2) is 19.0 Å². The van der Waals surface area contributed by atoms with Crippen molar-refractivity contribution in [1.29, 1.82) is 0 Å². The summed E-state index contributed by atoms with van der Waals surface area (Å²) in [5, 5.41) is 3.37. The van der Waals surface area contributed by atoms with Gasteiger partial charge >= 0.3 is 0 Å². The number of hydrogen-bond donors (Lipinski definition) is 1. The van der Waals surface area contributed by atoms with Crippen LogP contribution < -0.4 is 10.2 Å². The highest BCUT2D eigenvalue weighted by Crippen LogP contribution is 2.31. The van der Waals surface area contributed by atoms with Gasteiger partial charge in [-0.05, 0) is 49.2 Å². The first-order chi connectivity index (χ1) is 10.6. The number of rotatable bonds is 3. The average molecular weight is 380 g/mol. The number of hydrogen-bond acceptors (Lipinski definition) is 2. The third-order valence-corrected chi connectivity index (χ3v) is 4.71.